The molecule has 0 saturated heterocycles. The molecule has 0 N–H and O–H groups in total. The molecule has 0 radical (unpaired) electrons. The summed E-state index contributed by atoms with van der Waals surface area (Å²) in [5.41, 5.74) is 16.7. The number of aromatic nitrogens is 1. The molecular formula is C38H34BNS4. The lowest BCUT2D eigenvalue weighted by atomic mass is 9.95. The molecule has 0 aliphatic heterocycles. The van der Waals surface area contributed by atoms with Gasteiger partial charge in [-0.2, -0.15) is 0 Å². The fourth-order valence-electron chi connectivity index (χ4n) is 6.95. The quantitative estimate of drug-likeness (QED) is 0.124. The summed E-state index contributed by atoms with van der Waals surface area (Å²) < 4.78 is 13.9. The lowest BCUT2D eigenvalue weighted by Crippen LogP contribution is -2.08. The van der Waals surface area contributed by atoms with Crippen LogP contribution >= 0.6 is 45.3 Å². The van der Waals surface area contributed by atoms with Crippen molar-refractivity contribution < 1.29 is 0 Å². The predicted molar refractivity (Wildman–Crippen MR) is 206 cm³/mol. The van der Waals surface area contributed by atoms with Gasteiger partial charge in [0.2, 0.25) is 0 Å². The fraction of sp³-hybridized carbons (Fsp3) is 0.211. The molecule has 0 fully saturated rings. The number of nitrogens with zero attached hydrogens (tertiary/aromatic N) is 1. The molecule has 44 heavy (non-hydrogen) atoms. The zero-order valence-electron chi connectivity index (χ0n) is 26.7. The Morgan fingerprint density at radius 2 is 0.727 bits per heavy atom. The largest absolute Gasteiger partial charge is 0.306 e. The van der Waals surface area contributed by atoms with Crippen molar-refractivity contribution >= 4 is 118 Å². The van der Waals surface area contributed by atoms with Crippen molar-refractivity contribution in [2.75, 3.05) is 0 Å². The second-order valence-electron chi connectivity index (χ2n) is 12.4. The maximum Gasteiger partial charge on any atom is 0.143 e. The summed E-state index contributed by atoms with van der Waals surface area (Å²) >= 11 is 8.02. The highest BCUT2D eigenvalue weighted by molar-refractivity contribution is 7.40. The number of rotatable bonds is 1. The molecule has 0 atom stereocenters. The number of benzene rings is 5. The van der Waals surface area contributed by atoms with Crippen molar-refractivity contribution in [1.82, 2.24) is 4.57 Å². The Balaban J connectivity index is 1.71. The first-order chi connectivity index (χ1) is 21.1. The summed E-state index contributed by atoms with van der Waals surface area (Å²) in [5, 5.41) is 2.62. The Bertz CT molecular complexity index is 2420. The first-order valence-electron chi connectivity index (χ1n) is 15.2. The van der Waals surface area contributed by atoms with Gasteiger partial charge in [-0.1, -0.05) is 41.9 Å². The van der Waals surface area contributed by atoms with Gasteiger partial charge in [-0.25, -0.2) is 0 Å². The average Bonchev–Trinajstić information content (AvgIpc) is 3.37. The van der Waals surface area contributed by atoms with Gasteiger partial charge < -0.3 is 4.57 Å². The summed E-state index contributed by atoms with van der Waals surface area (Å²) in [6.07, 6.45) is 0. The summed E-state index contributed by atoms with van der Waals surface area (Å²) in [7, 11) is 2.37. The van der Waals surface area contributed by atoms with Gasteiger partial charge >= 0.3 is 0 Å². The van der Waals surface area contributed by atoms with Crippen molar-refractivity contribution in [3.05, 3.63) is 93.0 Å². The van der Waals surface area contributed by atoms with E-state index in [1.165, 1.54) is 115 Å². The number of para-hydroxylation sites is 2. The highest BCUT2D eigenvalue weighted by atomic mass is 32.1. The third-order valence-electron chi connectivity index (χ3n) is 10.3. The van der Waals surface area contributed by atoms with Crippen molar-refractivity contribution in [3.63, 3.8) is 0 Å². The molecule has 3 heterocycles. The van der Waals surface area contributed by atoms with Crippen LogP contribution < -0.4 is 5.46 Å². The van der Waals surface area contributed by atoms with Crippen LogP contribution in [0.3, 0.4) is 0 Å². The molecule has 8 aromatic rings. The van der Waals surface area contributed by atoms with Crippen LogP contribution in [0.5, 0.6) is 0 Å². The van der Waals surface area contributed by atoms with Crippen LogP contribution in [0, 0.1) is 55.4 Å². The Morgan fingerprint density at radius 1 is 0.409 bits per heavy atom. The Hall–Kier alpha value is -3.16. The Morgan fingerprint density at radius 3 is 1.09 bits per heavy atom. The zero-order valence-corrected chi connectivity index (χ0v) is 30.0. The molecule has 0 unspecified atom stereocenters. The minimum absolute atomic E-state index is 1.27. The molecule has 5 aromatic carbocycles. The van der Waals surface area contributed by atoms with E-state index in [-0.39, 0.29) is 0 Å². The second-order valence-corrected chi connectivity index (χ2v) is 16.5. The molecule has 0 saturated carbocycles. The molecule has 218 valence electrons. The number of aryl methyl sites for hydroxylation is 4. The highest BCUT2D eigenvalue weighted by Crippen LogP contribution is 2.49. The lowest BCUT2D eigenvalue weighted by molar-refractivity contribution is 1.22. The molecule has 1 nitrogen and oxygen atoms in total. The summed E-state index contributed by atoms with van der Waals surface area (Å²) in [6.45, 7) is 18.5. The first-order valence-corrected chi connectivity index (χ1v) is 18.5. The van der Waals surface area contributed by atoms with E-state index < -0.39 is 0 Å². The molecule has 0 aliphatic carbocycles. The van der Waals surface area contributed by atoms with Crippen LogP contribution in [0.1, 0.15) is 44.5 Å². The topological polar surface area (TPSA) is 4.93 Å². The van der Waals surface area contributed by atoms with Crippen LogP contribution in [0.15, 0.2) is 48.5 Å². The Labute approximate surface area is 275 Å². The summed E-state index contributed by atoms with van der Waals surface area (Å²) in [6, 6.07) is 17.9. The molecular weight excluding hydrogens is 610 g/mol. The minimum atomic E-state index is 1.27. The monoisotopic (exact) mass is 643 g/mol. The Kier molecular flexibility index (Phi) is 6.39. The maximum atomic E-state index is 2.59. The third kappa shape index (κ3) is 3.69. The van der Waals surface area contributed by atoms with Gasteiger partial charge in [0.25, 0.3) is 0 Å². The van der Waals surface area contributed by atoms with Crippen molar-refractivity contribution in [2.24, 2.45) is 0 Å². The summed E-state index contributed by atoms with van der Waals surface area (Å²) in [5.74, 6) is 0. The van der Waals surface area contributed by atoms with Crippen molar-refractivity contribution in [1.29, 1.82) is 0 Å². The molecule has 0 aliphatic rings. The third-order valence-corrected chi connectivity index (χ3v) is 16.3. The van der Waals surface area contributed by atoms with E-state index in [0.29, 0.717) is 0 Å². The van der Waals surface area contributed by atoms with Gasteiger partial charge in [-0.15, -0.1) is 45.3 Å². The number of hydrogen-bond acceptors (Lipinski definition) is 4. The van der Waals surface area contributed by atoms with E-state index in [1.807, 2.05) is 45.3 Å². The van der Waals surface area contributed by atoms with Gasteiger partial charge in [0.1, 0.15) is 7.85 Å². The number of hydrogen-bond donors (Lipinski definition) is 0. The van der Waals surface area contributed by atoms with Crippen molar-refractivity contribution in [3.8, 4) is 5.69 Å². The van der Waals surface area contributed by atoms with Gasteiger partial charge in [-0.3, -0.25) is 0 Å². The molecule has 0 spiro atoms. The van der Waals surface area contributed by atoms with Crippen LogP contribution in [0.25, 0.3) is 65.1 Å². The average molecular weight is 644 g/mol. The van der Waals surface area contributed by atoms with Crippen LogP contribution in [-0.2, 0) is 0 Å². The van der Waals surface area contributed by atoms with E-state index in [4.69, 9.17) is 0 Å². The molecule has 0 amide bonds. The standard InChI is InChI=1S/C38H34BNS4/c1-17-19(3)23(7)33-31(21(17)5)41-35-29(39)36-38(44-34-24(8)20(4)18(2)22(6)32(34)42-36)30(37(35)43-33)40-27-15-11-9-13-25(27)26-14-10-12-16-28(26)40/h9-16H,39H2,1-8H3. The second kappa shape index (κ2) is 9.92. The smallest absolute Gasteiger partial charge is 0.143 e. The number of fused-ring (bicyclic) bond motifs is 7. The molecule has 3 aromatic heterocycles. The highest BCUT2D eigenvalue weighted by Gasteiger charge is 2.24. The predicted octanol–water partition coefficient (Wildman–Crippen LogP) is 11.5. The van der Waals surface area contributed by atoms with E-state index >= 15 is 0 Å². The minimum Gasteiger partial charge on any atom is -0.306 e. The van der Waals surface area contributed by atoms with Crippen LogP contribution in [-0.4, -0.2) is 12.4 Å². The zero-order chi connectivity index (χ0) is 30.8. The van der Waals surface area contributed by atoms with E-state index in [9.17, 15) is 0 Å². The van der Waals surface area contributed by atoms with Gasteiger partial charge in [0, 0.05) is 39.0 Å². The normalized spacial score (nSPS) is 12.2. The molecule has 0 bridgehead atoms. The SMILES string of the molecule is Bc1c2sc3c(C)c(C)c(C)c(C)c3sc2c(-n2c3ccccc3c3ccccc32)c2sc3c(C)c(C)c(C)c(C)c3sc12. The van der Waals surface area contributed by atoms with E-state index in [1.54, 1.807) is 0 Å². The summed E-state index contributed by atoms with van der Waals surface area (Å²) in [4.78, 5) is 0. The van der Waals surface area contributed by atoms with Gasteiger partial charge in [0.05, 0.1) is 26.1 Å². The molecule has 6 heteroatoms. The van der Waals surface area contributed by atoms with Gasteiger partial charge in [-0.05, 0) is 112 Å². The maximum absolute atomic E-state index is 2.59. The van der Waals surface area contributed by atoms with E-state index in [0.717, 1.165) is 0 Å². The fourth-order valence-corrected chi connectivity index (χ4v) is 13.1. The van der Waals surface area contributed by atoms with Crippen molar-refractivity contribution in [2.45, 2.75) is 55.4 Å². The first kappa shape index (κ1) is 28.3. The van der Waals surface area contributed by atoms with E-state index in [2.05, 4.69) is 116 Å². The van der Waals surface area contributed by atoms with Gasteiger partial charge in [0.15, 0.2) is 0 Å². The van der Waals surface area contributed by atoms with Crippen LogP contribution in [0.4, 0.5) is 0 Å². The lowest BCUT2D eigenvalue weighted by Gasteiger charge is -2.20. The molecule has 8 rings (SSSR count). The van der Waals surface area contributed by atoms with Crippen LogP contribution in [0.2, 0.25) is 0 Å².